The molecule has 1 atom stereocenters. The minimum absolute atomic E-state index is 0.702. The number of nitrogens with zero attached hydrogens (tertiary/aromatic N) is 3. The minimum atomic E-state index is 0.702. The van der Waals surface area contributed by atoms with Crippen LogP contribution in [0.5, 0.6) is 0 Å². The molecule has 0 amide bonds. The van der Waals surface area contributed by atoms with Crippen molar-refractivity contribution < 1.29 is 0 Å². The Kier molecular flexibility index (Phi) is 7.82. The van der Waals surface area contributed by atoms with E-state index in [2.05, 4.69) is 47.8 Å². The molecule has 0 radical (unpaired) electrons. The van der Waals surface area contributed by atoms with E-state index < -0.39 is 0 Å². The molecule has 4 heteroatoms. The van der Waals surface area contributed by atoms with Crippen LogP contribution >= 0.6 is 0 Å². The third kappa shape index (κ3) is 5.65. The topological polar surface area (TPSA) is 21.8 Å². The molecule has 0 aromatic rings. The molecule has 0 spiro atoms. The summed E-state index contributed by atoms with van der Waals surface area (Å²) in [5.74, 6) is 0. The third-order valence-corrected chi connectivity index (χ3v) is 4.04. The Hall–Kier alpha value is -0.160. The summed E-state index contributed by atoms with van der Waals surface area (Å²) in [6, 6.07) is 0.702. The van der Waals surface area contributed by atoms with Gasteiger partial charge in [0.2, 0.25) is 0 Å². The van der Waals surface area contributed by atoms with Crippen molar-refractivity contribution in [3.8, 4) is 0 Å². The predicted molar refractivity (Wildman–Crippen MR) is 79.2 cm³/mol. The highest BCUT2D eigenvalue weighted by atomic mass is 15.3. The summed E-state index contributed by atoms with van der Waals surface area (Å²) in [5.41, 5.74) is 0. The van der Waals surface area contributed by atoms with Crippen LogP contribution in [0.1, 0.15) is 20.8 Å². The molecule has 0 aliphatic carbocycles. The summed E-state index contributed by atoms with van der Waals surface area (Å²) in [4.78, 5) is 7.49. The van der Waals surface area contributed by atoms with Crippen LogP contribution in [0.3, 0.4) is 0 Å². The number of rotatable bonds is 8. The van der Waals surface area contributed by atoms with E-state index >= 15 is 0 Å². The maximum atomic E-state index is 3.57. The Morgan fingerprint density at radius 3 is 2.50 bits per heavy atom. The van der Waals surface area contributed by atoms with Crippen LogP contribution in [-0.2, 0) is 0 Å². The van der Waals surface area contributed by atoms with Gasteiger partial charge in [0.25, 0.3) is 0 Å². The van der Waals surface area contributed by atoms with Gasteiger partial charge in [-0.25, -0.2) is 0 Å². The Morgan fingerprint density at radius 1 is 1.17 bits per heavy atom. The van der Waals surface area contributed by atoms with Gasteiger partial charge in [0.1, 0.15) is 0 Å². The van der Waals surface area contributed by atoms with E-state index in [1.807, 2.05) is 0 Å². The highest BCUT2D eigenvalue weighted by molar-refractivity contribution is 4.77. The fourth-order valence-electron chi connectivity index (χ4n) is 2.63. The van der Waals surface area contributed by atoms with Crippen LogP contribution in [0.25, 0.3) is 0 Å². The van der Waals surface area contributed by atoms with Crippen LogP contribution in [0, 0.1) is 0 Å². The second-order valence-electron chi connectivity index (χ2n) is 5.42. The van der Waals surface area contributed by atoms with Crippen molar-refractivity contribution in [3.05, 3.63) is 0 Å². The predicted octanol–water partition coefficient (Wildman–Crippen LogP) is 0.554. The molecule has 1 N–H and O–H groups in total. The second-order valence-corrected chi connectivity index (χ2v) is 5.42. The molecule has 0 bridgehead atoms. The Labute approximate surface area is 113 Å². The van der Waals surface area contributed by atoms with Crippen LogP contribution in [0.4, 0.5) is 0 Å². The second kappa shape index (κ2) is 8.86. The molecule has 1 aliphatic rings. The zero-order valence-electron chi connectivity index (χ0n) is 12.8. The summed E-state index contributed by atoms with van der Waals surface area (Å²) in [7, 11) is 2.22. The summed E-state index contributed by atoms with van der Waals surface area (Å²) < 4.78 is 0. The lowest BCUT2D eigenvalue weighted by atomic mass is 10.2. The van der Waals surface area contributed by atoms with E-state index in [4.69, 9.17) is 0 Å². The van der Waals surface area contributed by atoms with E-state index in [1.54, 1.807) is 0 Å². The molecular formula is C14H32N4. The number of hydrogen-bond donors (Lipinski definition) is 1. The molecule has 4 nitrogen and oxygen atoms in total. The van der Waals surface area contributed by atoms with Crippen LogP contribution < -0.4 is 5.32 Å². The van der Waals surface area contributed by atoms with Crippen molar-refractivity contribution in [2.24, 2.45) is 0 Å². The van der Waals surface area contributed by atoms with Gasteiger partial charge in [0.15, 0.2) is 0 Å². The first-order valence-electron chi connectivity index (χ1n) is 7.53. The zero-order chi connectivity index (χ0) is 13.4. The zero-order valence-corrected chi connectivity index (χ0v) is 12.8. The molecule has 0 aromatic heterocycles. The molecule has 1 unspecified atom stereocenters. The third-order valence-electron chi connectivity index (χ3n) is 4.04. The summed E-state index contributed by atoms with van der Waals surface area (Å²) in [6.07, 6.45) is 0. The van der Waals surface area contributed by atoms with Gasteiger partial charge in [0.05, 0.1) is 0 Å². The average molecular weight is 256 g/mol. The van der Waals surface area contributed by atoms with Gasteiger partial charge in [-0.15, -0.1) is 0 Å². The number of nitrogens with one attached hydrogen (secondary N) is 1. The average Bonchev–Trinajstić information content (AvgIpc) is 2.36. The van der Waals surface area contributed by atoms with Crippen LogP contribution in [0.15, 0.2) is 0 Å². The van der Waals surface area contributed by atoms with Crippen molar-refractivity contribution >= 4 is 0 Å². The van der Waals surface area contributed by atoms with Gasteiger partial charge < -0.3 is 15.1 Å². The van der Waals surface area contributed by atoms with Crippen molar-refractivity contribution in [3.63, 3.8) is 0 Å². The van der Waals surface area contributed by atoms with Gasteiger partial charge in [-0.3, -0.25) is 4.90 Å². The highest BCUT2D eigenvalue weighted by Gasteiger charge is 2.20. The first kappa shape index (κ1) is 15.9. The number of hydrogen-bond acceptors (Lipinski definition) is 4. The Morgan fingerprint density at radius 2 is 1.89 bits per heavy atom. The normalized spacial score (nSPS) is 22.8. The summed E-state index contributed by atoms with van der Waals surface area (Å²) >= 11 is 0. The Bertz CT molecular complexity index is 206. The largest absolute Gasteiger partial charge is 0.314 e. The molecule has 108 valence electrons. The fourth-order valence-corrected chi connectivity index (χ4v) is 2.63. The monoisotopic (exact) mass is 256 g/mol. The molecule has 1 heterocycles. The lowest BCUT2D eigenvalue weighted by Crippen LogP contribution is -2.52. The fraction of sp³-hybridized carbons (Fsp3) is 1.00. The van der Waals surface area contributed by atoms with Crippen molar-refractivity contribution in [1.29, 1.82) is 0 Å². The summed E-state index contributed by atoms with van der Waals surface area (Å²) in [6.45, 7) is 17.4. The minimum Gasteiger partial charge on any atom is -0.314 e. The molecular weight excluding hydrogens is 224 g/mol. The maximum absolute atomic E-state index is 3.57. The van der Waals surface area contributed by atoms with Gasteiger partial charge in [-0.1, -0.05) is 13.8 Å². The van der Waals surface area contributed by atoms with Crippen molar-refractivity contribution in [2.75, 3.05) is 66.0 Å². The van der Waals surface area contributed by atoms with Gasteiger partial charge in [-0.05, 0) is 27.1 Å². The summed E-state index contributed by atoms with van der Waals surface area (Å²) in [5, 5.41) is 3.57. The van der Waals surface area contributed by atoms with E-state index in [-0.39, 0.29) is 0 Å². The van der Waals surface area contributed by atoms with Crippen molar-refractivity contribution in [2.45, 2.75) is 26.8 Å². The van der Waals surface area contributed by atoms with E-state index in [0.29, 0.717) is 6.04 Å². The van der Waals surface area contributed by atoms with E-state index in [9.17, 15) is 0 Å². The van der Waals surface area contributed by atoms with Crippen LogP contribution in [0.2, 0.25) is 0 Å². The molecule has 0 saturated carbocycles. The van der Waals surface area contributed by atoms with Crippen molar-refractivity contribution in [1.82, 2.24) is 20.0 Å². The van der Waals surface area contributed by atoms with Gasteiger partial charge in [-0.2, -0.15) is 0 Å². The van der Waals surface area contributed by atoms with Gasteiger partial charge in [0, 0.05) is 51.9 Å². The quantitative estimate of drug-likeness (QED) is 0.640. The highest BCUT2D eigenvalue weighted by Crippen LogP contribution is 2.06. The van der Waals surface area contributed by atoms with Crippen LogP contribution in [-0.4, -0.2) is 86.7 Å². The first-order valence-corrected chi connectivity index (χ1v) is 7.53. The number of likely N-dealkylation sites (N-methyl/N-ethyl adjacent to an activating group) is 2. The molecule has 1 aliphatic heterocycles. The smallest absolute Gasteiger partial charge is 0.0195 e. The molecule has 1 rings (SSSR count). The molecule has 1 fully saturated rings. The molecule has 1 saturated heterocycles. The molecule has 18 heavy (non-hydrogen) atoms. The number of piperazine rings is 1. The van der Waals surface area contributed by atoms with E-state index in [1.165, 1.54) is 32.7 Å². The maximum Gasteiger partial charge on any atom is 0.0195 e. The van der Waals surface area contributed by atoms with E-state index in [0.717, 1.165) is 26.2 Å². The standard InChI is InChI=1S/C14H32N4/c1-5-17(6-2)9-7-15-8-10-18-12-11-16(4)13-14(18)3/h14-15H,5-13H2,1-4H3. The lowest BCUT2D eigenvalue weighted by Gasteiger charge is -2.38. The Balaban J connectivity index is 2.04. The van der Waals surface area contributed by atoms with Gasteiger partial charge >= 0.3 is 0 Å². The first-order chi connectivity index (χ1) is 8.67. The SMILES string of the molecule is CCN(CC)CCNCCN1CCN(C)CC1C. The lowest BCUT2D eigenvalue weighted by molar-refractivity contribution is 0.101. The molecule has 0 aromatic carbocycles.